The van der Waals surface area contributed by atoms with E-state index in [9.17, 15) is 22.8 Å². The van der Waals surface area contributed by atoms with E-state index in [4.69, 9.17) is 21.1 Å². The monoisotopic (exact) mass is 648 g/mol. The van der Waals surface area contributed by atoms with Crippen molar-refractivity contribution in [1.29, 1.82) is 0 Å². The maximum Gasteiger partial charge on any atom is 0.434 e. The number of carbonyl (C=O) groups is 1. The highest BCUT2D eigenvalue weighted by atomic mass is 35.5. The Kier molecular flexibility index (Phi) is 8.35. The van der Waals surface area contributed by atoms with Crippen molar-refractivity contribution >= 4 is 45.8 Å². The molecule has 1 aliphatic rings. The van der Waals surface area contributed by atoms with Crippen LogP contribution in [0.3, 0.4) is 0 Å². The van der Waals surface area contributed by atoms with Crippen LogP contribution in [0.5, 0.6) is 5.75 Å². The molecule has 1 aliphatic heterocycles. The van der Waals surface area contributed by atoms with Crippen molar-refractivity contribution in [2.45, 2.75) is 25.7 Å². The lowest BCUT2D eigenvalue weighted by molar-refractivity contribution is -0.140. The summed E-state index contributed by atoms with van der Waals surface area (Å²) in [5, 5.41) is 2.51. The zero-order valence-corrected chi connectivity index (χ0v) is 25.2. The number of thiazole rings is 1. The molecule has 45 heavy (non-hydrogen) atoms. The fourth-order valence-corrected chi connectivity index (χ4v) is 6.35. The van der Waals surface area contributed by atoms with Crippen LogP contribution in [0.1, 0.15) is 29.7 Å². The Bertz CT molecular complexity index is 2130. The van der Waals surface area contributed by atoms with Crippen molar-refractivity contribution < 1.29 is 27.4 Å². The van der Waals surface area contributed by atoms with E-state index in [0.717, 1.165) is 32.2 Å². The number of nitrogens with zero attached hydrogens (tertiary/aromatic N) is 2. The average Bonchev–Trinajstić information content (AvgIpc) is 3.33. The van der Waals surface area contributed by atoms with E-state index in [1.807, 2.05) is 42.5 Å². The normalized spacial score (nSPS) is 15.1. The molecule has 228 valence electrons. The average molecular weight is 649 g/mol. The van der Waals surface area contributed by atoms with Crippen LogP contribution in [0.4, 0.5) is 13.2 Å². The second-order valence-electron chi connectivity index (χ2n) is 10.1. The maximum atomic E-state index is 14.3. The van der Waals surface area contributed by atoms with Gasteiger partial charge in [-0.15, -0.1) is 0 Å². The summed E-state index contributed by atoms with van der Waals surface area (Å²) in [6, 6.07) is 25.5. The number of esters is 1. The van der Waals surface area contributed by atoms with Crippen molar-refractivity contribution in [1.82, 2.24) is 4.57 Å². The lowest BCUT2D eigenvalue weighted by atomic mass is 9.95. The maximum absolute atomic E-state index is 14.3. The minimum absolute atomic E-state index is 0.130. The molecule has 6 rings (SSSR count). The molecule has 1 atom stereocenters. The number of halogens is 4. The Morgan fingerprint density at radius 1 is 1.02 bits per heavy atom. The SMILES string of the molecule is CCOC(=O)C1=C(C(F)(F)F)N=c2s/c(=C\c3cccc(OCc4cccc5ccccc45)c3)c(=O)n2[C@@H]1c1ccc(Cl)cc1. The predicted octanol–water partition coefficient (Wildman–Crippen LogP) is 6.73. The molecule has 1 aromatic heterocycles. The van der Waals surface area contributed by atoms with Crippen molar-refractivity contribution in [3.8, 4) is 5.75 Å². The second-order valence-corrected chi connectivity index (χ2v) is 11.6. The quantitative estimate of drug-likeness (QED) is 0.184. The number of ether oxygens (including phenoxy) is 2. The van der Waals surface area contributed by atoms with Crippen LogP contribution >= 0.6 is 22.9 Å². The summed E-state index contributed by atoms with van der Waals surface area (Å²) in [7, 11) is 0. The van der Waals surface area contributed by atoms with Gasteiger partial charge in [-0.05, 0) is 64.7 Å². The number of alkyl halides is 3. The van der Waals surface area contributed by atoms with Crippen molar-refractivity contribution in [2.75, 3.05) is 6.61 Å². The first-order valence-electron chi connectivity index (χ1n) is 13.9. The van der Waals surface area contributed by atoms with Gasteiger partial charge in [0.2, 0.25) is 0 Å². The van der Waals surface area contributed by atoms with E-state index >= 15 is 0 Å². The van der Waals surface area contributed by atoms with Gasteiger partial charge < -0.3 is 9.47 Å². The summed E-state index contributed by atoms with van der Waals surface area (Å²) in [6.45, 7) is 1.63. The first-order valence-corrected chi connectivity index (χ1v) is 15.1. The molecule has 0 unspecified atom stereocenters. The van der Waals surface area contributed by atoms with Crippen LogP contribution in [-0.4, -0.2) is 23.3 Å². The minimum atomic E-state index is -4.99. The first-order chi connectivity index (χ1) is 21.6. The van der Waals surface area contributed by atoms with Gasteiger partial charge in [0.15, 0.2) is 10.5 Å². The number of allylic oxidation sites excluding steroid dienone is 1. The molecule has 0 amide bonds. The third kappa shape index (κ3) is 6.16. The summed E-state index contributed by atoms with van der Waals surface area (Å²) >= 11 is 6.84. The van der Waals surface area contributed by atoms with Gasteiger partial charge in [0.1, 0.15) is 12.4 Å². The molecule has 4 aromatic carbocycles. The Balaban J connectivity index is 1.42. The van der Waals surface area contributed by atoms with Gasteiger partial charge >= 0.3 is 12.1 Å². The van der Waals surface area contributed by atoms with E-state index in [1.54, 1.807) is 30.3 Å². The van der Waals surface area contributed by atoms with Crippen molar-refractivity contribution in [3.63, 3.8) is 0 Å². The number of rotatable bonds is 7. The number of hydrogen-bond acceptors (Lipinski definition) is 6. The molecule has 5 aromatic rings. The molecule has 0 spiro atoms. The fraction of sp³-hybridized carbons (Fsp3) is 0.147. The fourth-order valence-electron chi connectivity index (χ4n) is 5.23. The van der Waals surface area contributed by atoms with Crippen LogP contribution in [0.25, 0.3) is 16.8 Å². The zero-order chi connectivity index (χ0) is 31.7. The van der Waals surface area contributed by atoms with Gasteiger partial charge in [-0.25, -0.2) is 9.79 Å². The van der Waals surface area contributed by atoms with E-state index in [-0.39, 0.29) is 21.5 Å². The highest BCUT2D eigenvalue weighted by Gasteiger charge is 2.45. The summed E-state index contributed by atoms with van der Waals surface area (Å²) < 4.78 is 55.3. The Labute approximate surface area is 263 Å². The topological polar surface area (TPSA) is 69.9 Å². The standard InChI is InChI=1S/C34H24ClF3N2O4S/c1-2-43-32(42)28-29(22-13-15-24(35)16-14-22)40-31(41)27(45-33(40)39-30(28)34(36,37)38)18-20-7-5-11-25(17-20)44-19-23-10-6-9-21-8-3-4-12-26(21)23/h3-18,29H,2,19H2,1H3/b27-18-/t29-/m1/s1. The number of aromatic nitrogens is 1. The summed E-state index contributed by atoms with van der Waals surface area (Å²) in [5.74, 6) is -0.661. The molecule has 6 nitrogen and oxygen atoms in total. The molecule has 2 heterocycles. The molecular weight excluding hydrogens is 625 g/mol. The lowest BCUT2D eigenvalue weighted by Gasteiger charge is -2.26. The molecule has 0 bridgehead atoms. The smallest absolute Gasteiger partial charge is 0.434 e. The van der Waals surface area contributed by atoms with Crippen LogP contribution in [-0.2, 0) is 16.1 Å². The molecule has 0 saturated carbocycles. The first kappa shape index (κ1) is 30.4. The molecule has 11 heteroatoms. The van der Waals surface area contributed by atoms with Crippen LogP contribution in [0.15, 0.2) is 112 Å². The molecule has 0 N–H and O–H groups in total. The number of hydrogen-bond donors (Lipinski definition) is 0. The van der Waals surface area contributed by atoms with Gasteiger partial charge in [-0.1, -0.05) is 89.7 Å². The Hall–Kier alpha value is -4.67. The zero-order valence-electron chi connectivity index (χ0n) is 23.7. The number of benzene rings is 4. The lowest BCUT2D eigenvalue weighted by Crippen LogP contribution is -2.41. The Morgan fingerprint density at radius 2 is 1.76 bits per heavy atom. The van der Waals surface area contributed by atoms with Crippen molar-refractivity contribution in [2.24, 2.45) is 4.99 Å². The van der Waals surface area contributed by atoms with Crippen LogP contribution < -0.4 is 19.6 Å². The van der Waals surface area contributed by atoms with Gasteiger partial charge in [0.05, 0.1) is 22.8 Å². The summed E-state index contributed by atoms with van der Waals surface area (Å²) in [5.41, 5.74) is -0.933. The minimum Gasteiger partial charge on any atom is -0.489 e. The highest BCUT2D eigenvalue weighted by molar-refractivity contribution is 7.07. The number of fused-ring (bicyclic) bond motifs is 2. The molecule has 0 fully saturated rings. The highest BCUT2D eigenvalue weighted by Crippen LogP contribution is 2.38. The predicted molar refractivity (Wildman–Crippen MR) is 167 cm³/mol. The molecular formula is C34H24ClF3N2O4S. The van der Waals surface area contributed by atoms with Gasteiger partial charge in [0, 0.05) is 5.02 Å². The largest absolute Gasteiger partial charge is 0.489 e. The molecule has 0 radical (unpaired) electrons. The van der Waals surface area contributed by atoms with E-state index < -0.39 is 35.0 Å². The van der Waals surface area contributed by atoms with Crippen LogP contribution in [0.2, 0.25) is 5.02 Å². The van der Waals surface area contributed by atoms with E-state index in [0.29, 0.717) is 22.9 Å². The third-order valence-corrected chi connectivity index (χ3v) is 8.45. The Morgan fingerprint density at radius 3 is 2.51 bits per heavy atom. The van der Waals surface area contributed by atoms with Crippen molar-refractivity contribution in [3.05, 3.63) is 144 Å². The molecule has 0 aliphatic carbocycles. The van der Waals surface area contributed by atoms with Crippen LogP contribution in [0, 0.1) is 0 Å². The van der Waals surface area contributed by atoms with E-state index in [2.05, 4.69) is 4.99 Å². The van der Waals surface area contributed by atoms with Gasteiger partial charge in [-0.3, -0.25) is 9.36 Å². The van der Waals surface area contributed by atoms with Gasteiger partial charge in [0.25, 0.3) is 5.56 Å². The third-order valence-electron chi connectivity index (χ3n) is 7.21. The summed E-state index contributed by atoms with van der Waals surface area (Å²) in [6.07, 6.45) is -3.42. The number of carbonyl (C=O) groups excluding carboxylic acids is 1. The summed E-state index contributed by atoms with van der Waals surface area (Å²) in [4.78, 5) is 30.4. The second kappa shape index (κ2) is 12.4. The van der Waals surface area contributed by atoms with E-state index in [1.165, 1.54) is 31.2 Å². The molecule has 0 saturated heterocycles. The van der Waals surface area contributed by atoms with Gasteiger partial charge in [-0.2, -0.15) is 13.2 Å².